The molecule has 1 aliphatic rings. The maximum atomic E-state index is 11.7. The normalized spacial score (nSPS) is 16.1. The van der Waals surface area contributed by atoms with Gasteiger partial charge in [-0.25, -0.2) is 0 Å². The van der Waals surface area contributed by atoms with Gasteiger partial charge in [-0.2, -0.15) is 27.1 Å². The molecule has 198 valence electrons. The molecule has 0 saturated heterocycles. The number of anilines is 2. The summed E-state index contributed by atoms with van der Waals surface area (Å²) in [5.41, 5.74) is 7.28. The van der Waals surface area contributed by atoms with E-state index < -0.39 is 31.5 Å². The van der Waals surface area contributed by atoms with Gasteiger partial charge in [0.15, 0.2) is 5.50 Å². The number of nitrogen functional groups attached to an aromatic ring is 1. The molecular formula is C21H28N4O8S3. The Morgan fingerprint density at radius 1 is 1.11 bits per heavy atom. The molecular weight excluding hydrogens is 532 g/mol. The Morgan fingerprint density at radius 3 is 2.39 bits per heavy atom. The number of methoxy groups -OCH3 is 1. The molecule has 0 saturated carbocycles. The molecule has 0 amide bonds. The highest BCUT2D eigenvalue weighted by Crippen LogP contribution is 2.45. The highest BCUT2D eigenvalue weighted by Gasteiger charge is 2.27. The zero-order valence-electron chi connectivity index (χ0n) is 20.0. The Balaban J connectivity index is 1.85. The number of rotatable bonds is 9. The molecule has 0 aliphatic carbocycles. The Labute approximate surface area is 214 Å². The van der Waals surface area contributed by atoms with Crippen LogP contribution < -0.4 is 20.5 Å². The topological polar surface area (TPSA) is 190 Å². The van der Waals surface area contributed by atoms with Crippen LogP contribution in [0.25, 0.3) is 0 Å². The third kappa shape index (κ3) is 7.00. The van der Waals surface area contributed by atoms with E-state index in [2.05, 4.69) is 15.5 Å². The quantitative estimate of drug-likeness (QED) is 0.150. The first-order valence-corrected chi connectivity index (χ1v) is 14.6. The van der Waals surface area contributed by atoms with Gasteiger partial charge in [0.2, 0.25) is 0 Å². The molecule has 15 heteroatoms. The van der Waals surface area contributed by atoms with Crippen LogP contribution in [0.2, 0.25) is 0 Å². The average Bonchev–Trinajstić information content (AvgIpc) is 3.15. The lowest BCUT2D eigenvalue weighted by Gasteiger charge is -2.22. The smallest absolute Gasteiger partial charge is 0.298 e. The predicted octanol–water partition coefficient (Wildman–Crippen LogP) is 4.06. The summed E-state index contributed by atoms with van der Waals surface area (Å²) in [4.78, 5) is 0.304. The predicted molar refractivity (Wildman–Crippen MR) is 137 cm³/mol. The lowest BCUT2D eigenvalue weighted by atomic mass is 9.85. The first-order valence-electron chi connectivity index (χ1n) is 10.6. The highest BCUT2D eigenvalue weighted by molar-refractivity contribution is 8.00. The van der Waals surface area contributed by atoms with Gasteiger partial charge < -0.3 is 20.5 Å². The number of hydrogen-bond acceptors (Lipinski definition) is 11. The van der Waals surface area contributed by atoms with Crippen LogP contribution >= 0.6 is 11.8 Å². The van der Waals surface area contributed by atoms with Gasteiger partial charge in [0, 0.05) is 11.0 Å². The van der Waals surface area contributed by atoms with Gasteiger partial charge in [0.25, 0.3) is 20.2 Å². The fourth-order valence-corrected chi connectivity index (χ4v) is 5.47. The van der Waals surface area contributed by atoms with Crippen molar-refractivity contribution in [2.24, 2.45) is 10.2 Å². The minimum absolute atomic E-state index is 0.00693. The minimum atomic E-state index is -4.49. The number of nitrogens with zero attached hydrogens (tertiary/aromatic N) is 2. The van der Waals surface area contributed by atoms with Gasteiger partial charge in [-0.1, -0.05) is 32.5 Å². The molecule has 2 aromatic carbocycles. The number of azo groups is 1. The molecule has 1 heterocycles. The molecule has 2 aromatic rings. The van der Waals surface area contributed by atoms with Gasteiger partial charge in [-0.15, -0.1) is 0 Å². The van der Waals surface area contributed by atoms with Crippen LogP contribution in [0.4, 0.5) is 17.1 Å². The van der Waals surface area contributed by atoms with Crippen molar-refractivity contribution >= 4 is 49.1 Å². The molecule has 3 rings (SSSR count). The third-order valence-corrected chi connectivity index (χ3v) is 7.78. The molecule has 1 unspecified atom stereocenters. The molecule has 12 nitrogen and oxygen atoms in total. The largest absolute Gasteiger partial charge is 0.495 e. The minimum Gasteiger partial charge on any atom is -0.495 e. The summed E-state index contributed by atoms with van der Waals surface area (Å²) in [5, 5.41) is 11.8. The van der Waals surface area contributed by atoms with Crippen LogP contribution in [0.15, 0.2) is 44.3 Å². The summed E-state index contributed by atoms with van der Waals surface area (Å²) in [6.07, 6.45) is 0.0754. The van der Waals surface area contributed by atoms with Crippen LogP contribution in [0.3, 0.4) is 0 Å². The van der Waals surface area contributed by atoms with Crippen molar-refractivity contribution in [2.45, 2.75) is 47.9 Å². The average molecular weight is 561 g/mol. The van der Waals surface area contributed by atoms with Gasteiger partial charge in [0.05, 0.1) is 36.5 Å². The van der Waals surface area contributed by atoms with Crippen LogP contribution in [0.5, 0.6) is 11.5 Å². The Kier molecular flexibility index (Phi) is 8.10. The van der Waals surface area contributed by atoms with Crippen molar-refractivity contribution in [3.05, 3.63) is 29.8 Å². The van der Waals surface area contributed by atoms with E-state index in [1.54, 1.807) is 12.1 Å². The van der Waals surface area contributed by atoms with Crippen LogP contribution in [-0.4, -0.2) is 50.9 Å². The number of ether oxygens (including phenoxy) is 2. The van der Waals surface area contributed by atoms with Crippen molar-refractivity contribution < 1.29 is 35.4 Å². The SMILES string of the molecule is COc1cc2c(cc1S(=O)(=O)O)NC(N=Nc1cc(OCCCS(=O)(=O)O)c(N)cc1C(C)(C)C)S2. The van der Waals surface area contributed by atoms with Crippen molar-refractivity contribution in [2.75, 3.05) is 30.5 Å². The van der Waals surface area contributed by atoms with E-state index in [-0.39, 0.29) is 29.1 Å². The summed E-state index contributed by atoms with van der Waals surface area (Å²) < 4.78 is 74.2. The fraction of sp³-hybridized carbons (Fsp3) is 0.429. The molecule has 0 aromatic heterocycles. The van der Waals surface area contributed by atoms with Gasteiger partial charge >= 0.3 is 0 Å². The molecule has 0 bridgehead atoms. The molecule has 5 N–H and O–H groups in total. The van der Waals surface area contributed by atoms with Crippen molar-refractivity contribution in [1.82, 2.24) is 0 Å². The van der Waals surface area contributed by atoms with E-state index in [9.17, 15) is 21.4 Å². The van der Waals surface area contributed by atoms with Crippen molar-refractivity contribution in [3.63, 3.8) is 0 Å². The Hall–Kier alpha value is -2.59. The summed E-state index contributed by atoms with van der Waals surface area (Å²) in [5.74, 6) is -0.132. The number of hydrogen-bond donors (Lipinski definition) is 4. The molecule has 36 heavy (non-hydrogen) atoms. The second-order valence-corrected chi connectivity index (χ2v) is 13.0. The monoisotopic (exact) mass is 560 g/mol. The molecule has 1 atom stereocenters. The maximum Gasteiger partial charge on any atom is 0.298 e. The van der Waals surface area contributed by atoms with Crippen molar-refractivity contribution in [1.29, 1.82) is 0 Å². The summed E-state index contributed by atoms with van der Waals surface area (Å²) in [7, 11) is -7.27. The molecule has 0 radical (unpaired) electrons. The highest BCUT2D eigenvalue weighted by atomic mass is 32.2. The summed E-state index contributed by atoms with van der Waals surface area (Å²) >= 11 is 1.28. The lowest BCUT2D eigenvalue weighted by Crippen LogP contribution is -2.13. The van der Waals surface area contributed by atoms with Gasteiger partial charge in [0.1, 0.15) is 16.4 Å². The lowest BCUT2D eigenvalue weighted by molar-refractivity contribution is 0.317. The van der Waals surface area contributed by atoms with Crippen LogP contribution in [0, 0.1) is 0 Å². The first kappa shape index (κ1) is 28.0. The maximum absolute atomic E-state index is 11.7. The number of nitrogens with two attached hydrogens (primary N) is 1. The van der Waals surface area contributed by atoms with E-state index in [4.69, 9.17) is 19.8 Å². The number of fused-ring (bicyclic) bond motifs is 1. The van der Waals surface area contributed by atoms with E-state index in [1.807, 2.05) is 20.8 Å². The van der Waals surface area contributed by atoms with Crippen LogP contribution in [0.1, 0.15) is 32.8 Å². The van der Waals surface area contributed by atoms with Crippen LogP contribution in [-0.2, 0) is 25.7 Å². The second-order valence-electron chi connectivity index (χ2n) is 8.95. The zero-order chi connectivity index (χ0) is 26.9. The third-order valence-electron chi connectivity index (χ3n) is 5.07. The van der Waals surface area contributed by atoms with Crippen molar-refractivity contribution in [3.8, 4) is 11.5 Å². The van der Waals surface area contributed by atoms with E-state index in [1.165, 1.54) is 31.0 Å². The van der Waals surface area contributed by atoms with E-state index in [0.29, 0.717) is 27.7 Å². The Bertz CT molecular complexity index is 1390. The molecule has 0 fully saturated rings. The first-order chi connectivity index (χ1) is 16.6. The Morgan fingerprint density at radius 2 is 1.81 bits per heavy atom. The summed E-state index contributed by atoms with van der Waals surface area (Å²) in [6, 6.07) is 6.10. The summed E-state index contributed by atoms with van der Waals surface area (Å²) in [6.45, 7) is 5.96. The zero-order valence-corrected chi connectivity index (χ0v) is 22.5. The molecule has 1 aliphatic heterocycles. The van der Waals surface area contributed by atoms with E-state index in [0.717, 1.165) is 5.56 Å². The standard InChI is InChI=1S/C21H28N4O8S3/c1-21(2,3)12-8-13(22)16(33-6-5-7-35(26,27)28)9-14(12)24-25-20-23-15-10-19(36(29,30)31)17(32-4)11-18(15)34-20/h8-11,20,23H,5-7,22H2,1-4H3,(H,26,27,28)(H,29,30,31). The fourth-order valence-electron chi connectivity index (χ4n) is 3.38. The van der Waals surface area contributed by atoms with Gasteiger partial charge in [-0.05, 0) is 35.6 Å². The number of benzene rings is 2. The molecule has 0 spiro atoms. The number of thioether (sulfide) groups is 1. The second kappa shape index (κ2) is 10.4. The van der Waals surface area contributed by atoms with Gasteiger partial charge in [-0.3, -0.25) is 9.11 Å². The van der Waals surface area contributed by atoms with E-state index >= 15 is 0 Å². The number of nitrogens with one attached hydrogen (secondary N) is 1.